The second kappa shape index (κ2) is 19.0. The molecule has 5 rings (SSSR count). The summed E-state index contributed by atoms with van der Waals surface area (Å²) in [7, 11) is 0. The predicted molar refractivity (Wildman–Crippen MR) is 205 cm³/mol. The van der Waals surface area contributed by atoms with Gasteiger partial charge in [0, 0.05) is 17.5 Å². The van der Waals surface area contributed by atoms with Crippen LogP contribution < -0.4 is 23.2 Å². The minimum atomic E-state index is -3.13. The Morgan fingerprint density at radius 1 is 0.964 bits per heavy atom. The molecule has 2 aliphatic carbocycles. The summed E-state index contributed by atoms with van der Waals surface area (Å²) >= 11 is 10.6. The van der Waals surface area contributed by atoms with Gasteiger partial charge in [-0.05, 0) is 94.2 Å². The van der Waals surface area contributed by atoms with Gasteiger partial charge in [0.25, 0.3) is 11.3 Å². The average Bonchev–Trinajstić information content (AvgIpc) is 4.04. The van der Waals surface area contributed by atoms with E-state index in [0.717, 1.165) is 42.4 Å². The van der Waals surface area contributed by atoms with Crippen molar-refractivity contribution < 1.29 is 60.3 Å². The number of ether oxygens (including phenoxy) is 5. The highest BCUT2D eigenvalue weighted by molar-refractivity contribution is 8.14. The van der Waals surface area contributed by atoms with Crippen LogP contribution in [0.3, 0.4) is 0 Å². The fourth-order valence-corrected chi connectivity index (χ4v) is 6.98. The Morgan fingerprint density at radius 3 is 2.16 bits per heavy atom. The van der Waals surface area contributed by atoms with Crippen LogP contribution in [0.15, 0.2) is 48.8 Å². The third-order valence-electron chi connectivity index (χ3n) is 8.29. The number of thioether (sulfide) groups is 1. The summed E-state index contributed by atoms with van der Waals surface area (Å²) in [5.74, 6) is -1.68. The summed E-state index contributed by atoms with van der Waals surface area (Å²) in [6.45, 7) is 1.82. The quantitative estimate of drug-likeness (QED) is 0.0548. The zero-order valence-corrected chi connectivity index (χ0v) is 33.7. The first-order chi connectivity index (χ1) is 26.4. The molecule has 3 aromatic rings. The van der Waals surface area contributed by atoms with Crippen molar-refractivity contribution in [2.45, 2.75) is 71.2 Å². The van der Waals surface area contributed by atoms with Crippen LogP contribution in [0.25, 0.3) is 0 Å². The van der Waals surface area contributed by atoms with Crippen LogP contribution in [0.2, 0.25) is 10.0 Å². The molecular formula is C37H40Cl2F2N2O11S2. The Bertz CT molecular complexity index is 1920. The largest absolute Gasteiger partial charge is 0.619 e. The lowest BCUT2D eigenvalue weighted by molar-refractivity contribution is -0.605. The van der Waals surface area contributed by atoms with Crippen LogP contribution in [0, 0.1) is 17.0 Å². The monoisotopic (exact) mass is 860 g/mol. The van der Waals surface area contributed by atoms with Gasteiger partial charge in [-0.1, -0.05) is 41.0 Å². The second-order valence-electron chi connectivity index (χ2n) is 14.2. The fourth-order valence-electron chi connectivity index (χ4n) is 5.23. The molecule has 56 heavy (non-hydrogen) atoms. The van der Waals surface area contributed by atoms with Crippen molar-refractivity contribution in [3.63, 3.8) is 0 Å². The summed E-state index contributed by atoms with van der Waals surface area (Å²) in [6, 6.07) is 8.18. The number of esters is 2. The van der Waals surface area contributed by atoms with Gasteiger partial charge in [-0.2, -0.15) is 13.5 Å². The first-order valence-corrected chi connectivity index (χ1v) is 20.3. The number of rotatable bonds is 19. The van der Waals surface area contributed by atoms with E-state index < -0.39 is 58.9 Å². The number of pyridine rings is 1. The number of aromatic nitrogens is 1. The van der Waals surface area contributed by atoms with Crippen LogP contribution >= 0.6 is 35.0 Å². The van der Waals surface area contributed by atoms with E-state index >= 15 is 0 Å². The van der Waals surface area contributed by atoms with Crippen LogP contribution in [-0.2, 0) is 36.8 Å². The smallest absolute Gasteiger partial charge is 0.387 e. The summed E-state index contributed by atoms with van der Waals surface area (Å²) in [4.78, 5) is 39.4. The molecule has 0 spiro atoms. The third-order valence-corrected chi connectivity index (χ3v) is 10.5. The normalized spacial score (nSPS) is 15.2. The molecule has 0 saturated heterocycles. The van der Waals surface area contributed by atoms with E-state index in [1.165, 1.54) is 36.4 Å². The van der Waals surface area contributed by atoms with Gasteiger partial charge in [-0.15, -0.1) is 0 Å². The Morgan fingerprint density at radius 2 is 1.59 bits per heavy atom. The Balaban J connectivity index is 1.34. The maximum atomic E-state index is 13.4. The third kappa shape index (κ3) is 13.1. The van der Waals surface area contributed by atoms with Gasteiger partial charge in [0.15, 0.2) is 23.9 Å². The number of benzene rings is 2. The molecule has 13 nitrogen and oxygen atoms in total. The molecule has 0 radical (unpaired) electrons. The molecular weight excluding hydrogens is 821 g/mol. The molecule has 19 heteroatoms. The van der Waals surface area contributed by atoms with Gasteiger partial charge in [-0.25, -0.2) is 4.21 Å². The Hall–Kier alpha value is -3.90. The van der Waals surface area contributed by atoms with Crippen molar-refractivity contribution in [3.8, 4) is 17.2 Å². The van der Waals surface area contributed by atoms with Gasteiger partial charge in [0.1, 0.15) is 34.0 Å². The van der Waals surface area contributed by atoms with Crippen LogP contribution in [0.1, 0.15) is 74.0 Å². The number of hydrogen-bond acceptors (Lipinski definition) is 11. The van der Waals surface area contributed by atoms with E-state index in [2.05, 4.69) is 4.74 Å². The van der Waals surface area contributed by atoms with E-state index in [1.807, 2.05) is 0 Å². The van der Waals surface area contributed by atoms with Gasteiger partial charge < -0.3 is 28.9 Å². The SMILES string of the molecule is CC(C)(C)OC(=O)CN(c1ccc(C(=O)SCC(=O)OC(Cc2c(Cl)c[n+]([O-])cc2Cl)c2ccc(OC(F)F)c(OCC3CC3)c2)cc1OCC1CC1)S(=O)O. The molecule has 1 heterocycles. The highest BCUT2D eigenvalue weighted by Gasteiger charge is 2.29. The maximum absolute atomic E-state index is 13.4. The molecule has 2 atom stereocenters. The standard InChI is InChI=1S/C37H40Cl2F2N2O11S2/c1-37(2,3)54-33(44)17-43(56(48)49)28-10-8-24(13-31(28)50-18-21-4-5-21)35(46)55-20-34(45)52-30(14-25-26(38)15-42(47)16-27(25)39)23-9-11-29(53-36(40)41)32(12-23)51-19-22-6-7-22/h8-13,15-16,21-22,30,36H,4-7,14,17-20H2,1-3H3,(H,48,49). The molecule has 0 aliphatic heterocycles. The molecule has 0 bridgehead atoms. The molecule has 1 aromatic heterocycles. The molecule has 0 amide bonds. The molecule has 2 aliphatic rings. The topological polar surface area (TPSA) is 165 Å². The maximum Gasteiger partial charge on any atom is 0.387 e. The van der Waals surface area contributed by atoms with Crippen molar-refractivity contribution in [2.24, 2.45) is 11.8 Å². The minimum Gasteiger partial charge on any atom is -0.619 e. The Kier molecular flexibility index (Phi) is 14.7. The predicted octanol–water partition coefficient (Wildman–Crippen LogP) is 7.49. The fraction of sp³-hybridized carbons (Fsp3) is 0.459. The van der Waals surface area contributed by atoms with Crippen molar-refractivity contribution in [1.82, 2.24) is 0 Å². The van der Waals surface area contributed by atoms with E-state index in [1.54, 1.807) is 20.8 Å². The first kappa shape index (κ1) is 43.2. The first-order valence-electron chi connectivity index (χ1n) is 17.5. The average molecular weight is 862 g/mol. The molecule has 2 saturated carbocycles. The van der Waals surface area contributed by atoms with Gasteiger partial charge in [0.2, 0.25) is 5.12 Å². The van der Waals surface area contributed by atoms with Gasteiger partial charge in [-0.3, -0.25) is 23.2 Å². The van der Waals surface area contributed by atoms with E-state index in [9.17, 15) is 37.1 Å². The molecule has 1 N–H and O–H groups in total. The number of hydrogen-bond donors (Lipinski definition) is 1. The Labute approximate surface area is 338 Å². The summed E-state index contributed by atoms with van der Waals surface area (Å²) in [5, 5.41) is 11.3. The van der Waals surface area contributed by atoms with Gasteiger partial charge >= 0.3 is 18.6 Å². The minimum absolute atomic E-state index is 0.000745. The summed E-state index contributed by atoms with van der Waals surface area (Å²) in [5.41, 5.74) is -0.106. The number of anilines is 1. The lowest BCUT2D eigenvalue weighted by atomic mass is 10.0. The molecule has 2 unspecified atom stereocenters. The molecule has 2 fully saturated rings. The lowest BCUT2D eigenvalue weighted by Crippen LogP contribution is -2.36. The molecule has 2 aromatic carbocycles. The number of nitrogens with zero attached hydrogens (tertiary/aromatic N) is 2. The van der Waals surface area contributed by atoms with Crippen LogP contribution in [0.5, 0.6) is 17.2 Å². The highest BCUT2D eigenvalue weighted by Crippen LogP contribution is 2.39. The second-order valence-corrected chi connectivity index (χ2v) is 16.8. The number of halogens is 4. The molecule has 304 valence electrons. The number of carbonyl (C=O) groups is 3. The lowest BCUT2D eigenvalue weighted by Gasteiger charge is -2.25. The van der Waals surface area contributed by atoms with E-state index in [-0.39, 0.29) is 75.6 Å². The zero-order chi connectivity index (χ0) is 40.7. The highest BCUT2D eigenvalue weighted by atomic mass is 35.5. The van der Waals surface area contributed by atoms with E-state index in [4.69, 9.17) is 42.1 Å². The summed E-state index contributed by atoms with van der Waals surface area (Å²) < 4.78 is 77.8. The number of alkyl halides is 2. The van der Waals surface area contributed by atoms with Crippen LogP contribution in [-0.4, -0.2) is 63.5 Å². The van der Waals surface area contributed by atoms with Crippen molar-refractivity contribution >= 4 is 69.0 Å². The number of carbonyl (C=O) groups excluding carboxylic acids is 3. The summed E-state index contributed by atoms with van der Waals surface area (Å²) in [6.07, 6.45) is 4.59. The van der Waals surface area contributed by atoms with E-state index in [0.29, 0.717) is 22.1 Å². The van der Waals surface area contributed by atoms with Crippen molar-refractivity contribution in [3.05, 3.63) is 80.7 Å². The van der Waals surface area contributed by atoms with Crippen molar-refractivity contribution in [2.75, 3.05) is 29.8 Å². The zero-order valence-electron chi connectivity index (χ0n) is 30.5. The van der Waals surface area contributed by atoms with Gasteiger partial charge in [0.05, 0.1) is 24.7 Å². The van der Waals surface area contributed by atoms with Crippen LogP contribution in [0.4, 0.5) is 14.5 Å². The van der Waals surface area contributed by atoms with Crippen molar-refractivity contribution in [1.29, 1.82) is 0 Å².